The lowest BCUT2D eigenvalue weighted by Gasteiger charge is -2.36. The quantitative estimate of drug-likeness (QED) is 0.791. The SMILES string of the molecule is CC1(NC(=O)C2CCCN2C2CCNCC2)CCOC1. The number of carbonyl (C=O) groups excluding carboxylic acids is 1. The van der Waals surface area contributed by atoms with Crippen LogP contribution >= 0.6 is 0 Å². The molecule has 0 radical (unpaired) electrons. The Labute approximate surface area is 121 Å². The standard InChI is InChI=1S/C15H27N3O2/c1-15(6-10-20-11-15)17-14(19)13-3-2-9-18(13)12-4-7-16-8-5-12/h12-13,16H,2-11H2,1H3,(H,17,19). The van der Waals surface area contributed by atoms with Gasteiger partial charge in [-0.15, -0.1) is 0 Å². The molecule has 2 atom stereocenters. The zero-order chi connectivity index (χ0) is 14.0. The van der Waals surface area contributed by atoms with Gasteiger partial charge in [0.1, 0.15) is 0 Å². The molecule has 3 aliphatic rings. The molecule has 20 heavy (non-hydrogen) atoms. The Bertz CT molecular complexity index is 349. The third-order valence-corrected chi connectivity index (χ3v) is 5.02. The fourth-order valence-corrected chi connectivity index (χ4v) is 3.79. The van der Waals surface area contributed by atoms with Crippen molar-refractivity contribution >= 4 is 5.91 Å². The molecule has 0 saturated carbocycles. The van der Waals surface area contributed by atoms with E-state index in [1.165, 1.54) is 12.8 Å². The van der Waals surface area contributed by atoms with E-state index in [4.69, 9.17) is 4.74 Å². The highest BCUT2D eigenvalue weighted by Crippen LogP contribution is 2.26. The van der Waals surface area contributed by atoms with Crippen LogP contribution in [-0.4, -0.2) is 61.3 Å². The van der Waals surface area contributed by atoms with Crippen LogP contribution in [0.15, 0.2) is 0 Å². The molecule has 3 rings (SSSR count). The van der Waals surface area contributed by atoms with Crippen molar-refractivity contribution in [3.05, 3.63) is 0 Å². The summed E-state index contributed by atoms with van der Waals surface area (Å²) < 4.78 is 5.43. The van der Waals surface area contributed by atoms with E-state index in [1.54, 1.807) is 0 Å². The fraction of sp³-hybridized carbons (Fsp3) is 0.933. The minimum atomic E-state index is -0.153. The van der Waals surface area contributed by atoms with Crippen LogP contribution in [0.25, 0.3) is 0 Å². The summed E-state index contributed by atoms with van der Waals surface area (Å²) in [5, 5.41) is 6.65. The lowest BCUT2D eigenvalue weighted by atomic mass is 10.00. The monoisotopic (exact) mass is 281 g/mol. The molecule has 3 saturated heterocycles. The molecule has 2 N–H and O–H groups in total. The van der Waals surface area contributed by atoms with Crippen molar-refractivity contribution in [3.63, 3.8) is 0 Å². The van der Waals surface area contributed by atoms with Gasteiger partial charge in [0, 0.05) is 12.6 Å². The van der Waals surface area contributed by atoms with Crippen molar-refractivity contribution in [1.82, 2.24) is 15.5 Å². The number of piperidine rings is 1. The van der Waals surface area contributed by atoms with Gasteiger partial charge in [-0.3, -0.25) is 9.69 Å². The van der Waals surface area contributed by atoms with Crippen molar-refractivity contribution in [2.24, 2.45) is 0 Å². The summed E-state index contributed by atoms with van der Waals surface area (Å²) in [6.45, 7) is 6.76. The Morgan fingerprint density at radius 3 is 2.85 bits per heavy atom. The summed E-state index contributed by atoms with van der Waals surface area (Å²) in [7, 11) is 0. The second-order valence-corrected chi connectivity index (χ2v) is 6.73. The summed E-state index contributed by atoms with van der Waals surface area (Å²) >= 11 is 0. The molecule has 1 amide bonds. The first kappa shape index (κ1) is 14.3. The van der Waals surface area contributed by atoms with Crippen molar-refractivity contribution in [2.45, 2.75) is 56.7 Å². The first-order valence-corrected chi connectivity index (χ1v) is 8.04. The maximum Gasteiger partial charge on any atom is 0.237 e. The molecule has 2 unspecified atom stereocenters. The molecule has 3 fully saturated rings. The summed E-state index contributed by atoms with van der Waals surface area (Å²) in [4.78, 5) is 15.1. The van der Waals surface area contributed by atoms with Gasteiger partial charge in [0.15, 0.2) is 0 Å². The predicted molar refractivity (Wildman–Crippen MR) is 77.6 cm³/mol. The number of rotatable bonds is 3. The number of likely N-dealkylation sites (tertiary alicyclic amines) is 1. The molecule has 0 aromatic rings. The second kappa shape index (κ2) is 6.00. The molecule has 0 bridgehead atoms. The normalized spacial score (nSPS) is 36.4. The van der Waals surface area contributed by atoms with Crippen molar-refractivity contribution < 1.29 is 9.53 Å². The molecule has 0 aromatic carbocycles. The summed E-state index contributed by atoms with van der Waals surface area (Å²) in [5.41, 5.74) is -0.153. The van der Waals surface area contributed by atoms with Crippen LogP contribution in [-0.2, 0) is 9.53 Å². The predicted octanol–water partition coefficient (Wildman–Crippen LogP) is 0.498. The maximum atomic E-state index is 12.6. The molecule has 5 heteroatoms. The van der Waals surface area contributed by atoms with E-state index in [1.807, 2.05) is 0 Å². The number of ether oxygens (including phenoxy) is 1. The fourth-order valence-electron chi connectivity index (χ4n) is 3.79. The topological polar surface area (TPSA) is 53.6 Å². The Balaban J connectivity index is 1.60. The largest absolute Gasteiger partial charge is 0.379 e. The van der Waals surface area contributed by atoms with E-state index in [9.17, 15) is 4.79 Å². The first-order valence-electron chi connectivity index (χ1n) is 8.04. The minimum Gasteiger partial charge on any atom is -0.379 e. The number of carbonyl (C=O) groups is 1. The van der Waals surface area contributed by atoms with Gasteiger partial charge in [-0.05, 0) is 58.7 Å². The number of nitrogens with one attached hydrogen (secondary N) is 2. The molecule has 0 spiro atoms. The Morgan fingerprint density at radius 1 is 1.35 bits per heavy atom. The average Bonchev–Trinajstić information content (AvgIpc) is 3.08. The van der Waals surface area contributed by atoms with Gasteiger partial charge in [0.05, 0.1) is 18.2 Å². The van der Waals surface area contributed by atoms with Crippen LogP contribution in [0.5, 0.6) is 0 Å². The van der Waals surface area contributed by atoms with Gasteiger partial charge >= 0.3 is 0 Å². The molecule has 5 nitrogen and oxygen atoms in total. The van der Waals surface area contributed by atoms with Gasteiger partial charge in [0.25, 0.3) is 0 Å². The van der Waals surface area contributed by atoms with E-state index in [0.29, 0.717) is 12.6 Å². The Morgan fingerprint density at radius 2 is 2.15 bits per heavy atom. The van der Waals surface area contributed by atoms with Gasteiger partial charge in [-0.1, -0.05) is 0 Å². The molecular weight excluding hydrogens is 254 g/mol. The molecule has 0 aliphatic carbocycles. The average molecular weight is 281 g/mol. The summed E-state index contributed by atoms with van der Waals surface area (Å²) in [5.74, 6) is 0.217. The number of hydrogen-bond acceptors (Lipinski definition) is 4. The maximum absolute atomic E-state index is 12.6. The zero-order valence-electron chi connectivity index (χ0n) is 12.5. The highest BCUT2D eigenvalue weighted by atomic mass is 16.5. The molecular formula is C15H27N3O2. The Kier molecular flexibility index (Phi) is 4.29. The first-order chi connectivity index (χ1) is 9.68. The third kappa shape index (κ3) is 3.00. The summed E-state index contributed by atoms with van der Waals surface area (Å²) in [6, 6.07) is 0.664. The molecule has 3 heterocycles. The van der Waals surface area contributed by atoms with Crippen molar-refractivity contribution in [1.29, 1.82) is 0 Å². The third-order valence-electron chi connectivity index (χ3n) is 5.02. The number of nitrogens with zero attached hydrogens (tertiary/aromatic N) is 1. The van der Waals surface area contributed by atoms with Crippen molar-refractivity contribution in [2.75, 3.05) is 32.8 Å². The smallest absolute Gasteiger partial charge is 0.237 e. The molecule has 0 aromatic heterocycles. The van der Waals surface area contributed by atoms with Crippen LogP contribution in [0.4, 0.5) is 0 Å². The lowest BCUT2D eigenvalue weighted by molar-refractivity contribution is -0.128. The highest BCUT2D eigenvalue weighted by molar-refractivity contribution is 5.82. The van der Waals surface area contributed by atoms with Gasteiger partial charge < -0.3 is 15.4 Å². The van der Waals surface area contributed by atoms with E-state index < -0.39 is 0 Å². The zero-order valence-corrected chi connectivity index (χ0v) is 12.5. The second-order valence-electron chi connectivity index (χ2n) is 6.73. The number of amides is 1. The lowest BCUT2D eigenvalue weighted by Crippen LogP contribution is -2.55. The van der Waals surface area contributed by atoms with E-state index in [2.05, 4.69) is 22.5 Å². The van der Waals surface area contributed by atoms with Crippen LogP contribution in [0.3, 0.4) is 0 Å². The van der Waals surface area contributed by atoms with Crippen LogP contribution in [0.1, 0.15) is 39.0 Å². The minimum absolute atomic E-state index is 0.0792. The molecule has 3 aliphatic heterocycles. The summed E-state index contributed by atoms with van der Waals surface area (Å²) in [6.07, 6.45) is 5.43. The highest BCUT2D eigenvalue weighted by Gasteiger charge is 2.39. The van der Waals surface area contributed by atoms with Gasteiger partial charge in [-0.2, -0.15) is 0 Å². The van der Waals surface area contributed by atoms with Crippen molar-refractivity contribution in [3.8, 4) is 0 Å². The van der Waals surface area contributed by atoms with Crippen LogP contribution < -0.4 is 10.6 Å². The number of hydrogen-bond donors (Lipinski definition) is 2. The molecule has 114 valence electrons. The van der Waals surface area contributed by atoms with Gasteiger partial charge in [-0.25, -0.2) is 0 Å². The van der Waals surface area contributed by atoms with Gasteiger partial charge in [0.2, 0.25) is 5.91 Å². The van der Waals surface area contributed by atoms with Crippen LogP contribution in [0.2, 0.25) is 0 Å². The van der Waals surface area contributed by atoms with E-state index in [-0.39, 0.29) is 17.5 Å². The van der Waals surface area contributed by atoms with Crippen LogP contribution in [0, 0.1) is 0 Å². The Hall–Kier alpha value is -0.650. The van der Waals surface area contributed by atoms with E-state index >= 15 is 0 Å². The van der Waals surface area contributed by atoms with E-state index in [0.717, 1.165) is 45.5 Å².